The summed E-state index contributed by atoms with van der Waals surface area (Å²) in [7, 11) is 0. The van der Waals surface area contributed by atoms with Gasteiger partial charge in [0.15, 0.2) is 0 Å². The van der Waals surface area contributed by atoms with Crippen LogP contribution in [0.5, 0.6) is 0 Å². The Morgan fingerprint density at radius 1 is 1.05 bits per heavy atom. The Hall–Kier alpha value is -2.04. The molecule has 0 aromatic heterocycles. The molecule has 0 saturated carbocycles. The second-order valence-electron chi connectivity index (χ2n) is 4.91. The van der Waals surface area contributed by atoms with Crippen LogP contribution in [0.2, 0.25) is 0 Å². The van der Waals surface area contributed by atoms with Crippen molar-refractivity contribution in [1.82, 2.24) is 0 Å². The highest BCUT2D eigenvalue weighted by Crippen LogP contribution is 2.33. The zero-order valence-corrected chi connectivity index (χ0v) is 11.6. The number of rotatable bonds is 3. The van der Waals surface area contributed by atoms with Crippen LogP contribution in [0.3, 0.4) is 0 Å². The molecule has 0 fully saturated rings. The van der Waals surface area contributed by atoms with Crippen molar-refractivity contribution >= 4 is 5.69 Å². The van der Waals surface area contributed by atoms with Crippen molar-refractivity contribution in [2.75, 3.05) is 5.32 Å². The van der Waals surface area contributed by atoms with Gasteiger partial charge < -0.3 is 5.32 Å². The Bertz CT molecular complexity index is 634. The van der Waals surface area contributed by atoms with E-state index in [0.29, 0.717) is 0 Å². The first-order valence-corrected chi connectivity index (χ1v) is 6.48. The van der Waals surface area contributed by atoms with E-state index in [1.807, 2.05) is 38.1 Å². The molecule has 0 saturated heterocycles. The van der Waals surface area contributed by atoms with Gasteiger partial charge in [0.1, 0.15) is 5.82 Å². The van der Waals surface area contributed by atoms with Crippen LogP contribution in [0.15, 0.2) is 42.5 Å². The third-order valence-corrected chi connectivity index (χ3v) is 3.31. The molecule has 1 atom stereocenters. The van der Waals surface area contributed by atoms with E-state index >= 15 is 0 Å². The number of nitrogens with one attached hydrogen (secondary N) is 1. The van der Waals surface area contributed by atoms with Crippen molar-refractivity contribution in [3.05, 3.63) is 65.0 Å². The van der Waals surface area contributed by atoms with Crippen molar-refractivity contribution in [2.24, 2.45) is 0 Å². The quantitative estimate of drug-likeness (QED) is 0.755. The van der Waals surface area contributed by atoms with E-state index in [1.165, 1.54) is 6.07 Å². The van der Waals surface area contributed by atoms with E-state index in [0.717, 1.165) is 23.3 Å². The summed E-state index contributed by atoms with van der Waals surface area (Å²) in [6.45, 7) is 3.78. The van der Waals surface area contributed by atoms with Crippen molar-refractivity contribution < 1.29 is 17.6 Å². The Morgan fingerprint density at radius 2 is 1.71 bits per heavy atom. The van der Waals surface area contributed by atoms with Crippen molar-refractivity contribution in [2.45, 2.75) is 26.1 Å². The third-order valence-electron chi connectivity index (χ3n) is 3.31. The second-order valence-corrected chi connectivity index (χ2v) is 4.91. The standard InChI is InChI=1S/C16H15F4N/c1-10-5-3-4-6-13(10)11(2)21-12-7-8-15(17)14(9-12)16(18,19)20/h3-9,11,21H,1-2H3. The number of benzene rings is 2. The highest BCUT2D eigenvalue weighted by molar-refractivity contribution is 5.49. The van der Waals surface area contributed by atoms with Crippen LogP contribution >= 0.6 is 0 Å². The molecule has 2 aromatic carbocycles. The molecule has 0 radical (unpaired) electrons. The topological polar surface area (TPSA) is 12.0 Å². The summed E-state index contributed by atoms with van der Waals surface area (Å²) in [6.07, 6.45) is -4.70. The van der Waals surface area contributed by atoms with Crippen LogP contribution in [0.25, 0.3) is 0 Å². The summed E-state index contributed by atoms with van der Waals surface area (Å²) in [6, 6.07) is 10.3. The first kappa shape index (κ1) is 15.4. The van der Waals surface area contributed by atoms with Crippen LogP contribution in [0.1, 0.15) is 29.7 Å². The number of aryl methyl sites for hydroxylation is 1. The van der Waals surface area contributed by atoms with Gasteiger partial charge in [-0.3, -0.25) is 0 Å². The number of hydrogen-bond acceptors (Lipinski definition) is 1. The van der Waals surface area contributed by atoms with E-state index < -0.39 is 17.6 Å². The first-order valence-electron chi connectivity index (χ1n) is 6.48. The Balaban J connectivity index is 2.26. The van der Waals surface area contributed by atoms with E-state index in [1.54, 1.807) is 0 Å². The summed E-state index contributed by atoms with van der Waals surface area (Å²) in [4.78, 5) is 0. The Kier molecular flexibility index (Phi) is 4.21. The predicted octanol–water partition coefficient (Wildman–Crippen LogP) is 5.33. The molecular formula is C16H15F4N. The number of alkyl halides is 3. The molecule has 112 valence electrons. The molecular weight excluding hydrogens is 282 g/mol. The summed E-state index contributed by atoms with van der Waals surface area (Å²) in [5.41, 5.74) is 0.995. The molecule has 0 aliphatic carbocycles. The molecule has 5 heteroatoms. The highest BCUT2D eigenvalue weighted by Gasteiger charge is 2.34. The molecule has 1 nitrogen and oxygen atoms in total. The Morgan fingerprint density at radius 3 is 2.33 bits per heavy atom. The maximum absolute atomic E-state index is 13.2. The van der Waals surface area contributed by atoms with Crippen LogP contribution in [0, 0.1) is 12.7 Å². The molecule has 0 aliphatic rings. The molecule has 1 unspecified atom stereocenters. The monoisotopic (exact) mass is 297 g/mol. The summed E-state index contributed by atoms with van der Waals surface area (Å²) < 4.78 is 51.3. The maximum atomic E-state index is 13.2. The SMILES string of the molecule is Cc1ccccc1C(C)Nc1ccc(F)c(C(F)(F)F)c1. The van der Waals surface area contributed by atoms with Gasteiger partial charge in [-0.2, -0.15) is 13.2 Å². The van der Waals surface area contributed by atoms with E-state index in [9.17, 15) is 17.6 Å². The minimum atomic E-state index is -4.70. The summed E-state index contributed by atoms with van der Waals surface area (Å²) in [5, 5.41) is 2.97. The zero-order chi connectivity index (χ0) is 15.6. The smallest absolute Gasteiger partial charge is 0.378 e. The van der Waals surface area contributed by atoms with E-state index in [2.05, 4.69) is 5.32 Å². The van der Waals surface area contributed by atoms with Crippen LogP contribution in [-0.4, -0.2) is 0 Å². The van der Waals surface area contributed by atoms with E-state index in [-0.39, 0.29) is 11.7 Å². The lowest BCUT2D eigenvalue weighted by atomic mass is 10.0. The van der Waals surface area contributed by atoms with Gasteiger partial charge in [0, 0.05) is 11.7 Å². The summed E-state index contributed by atoms with van der Waals surface area (Å²) >= 11 is 0. The number of halogens is 4. The van der Waals surface area contributed by atoms with Gasteiger partial charge in [-0.25, -0.2) is 4.39 Å². The maximum Gasteiger partial charge on any atom is 0.419 e. The largest absolute Gasteiger partial charge is 0.419 e. The van der Waals surface area contributed by atoms with Crippen LogP contribution in [0.4, 0.5) is 23.2 Å². The fraction of sp³-hybridized carbons (Fsp3) is 0.250. The minimum Gasteiger partial charge on any atom is -0.378 e. The molecule has 0 heterocycles. The molecule has 0 amide bonds. The highest BCUT2D eigenvalue weighted by atomic mass is 19.4. The van der Waals surface area contributed by atoms with Gasteiger partial charge in [-0.05, 0) is 43.2 Å². The fourth-order valence-electron chi connectivity index (χ4n) is 2.23. The molecule has 0 bridgehead atoms. The number of hydrogen-bond donors (Lipinski definition) is 1. The third kappa shape index (κ3) is 3.54. The van der Waals surface area contributed by atoms with Crippen molar-refractivity contribution in [1.29, 1.82) is 0 Å². The van der Waals surface area contributed by atoms with Crippen molar-refractivity contribution in [3.8, 4) is 0 Å². The van der Waals surface area contributed by atoms with Gasteiger partial charge in [-0.1, -0.05) is 24.3 Å². The van der Waals surface area contributed by atoms with Crippen molar-refractivity contribution in [3.63, 3.8) is 0 Å². The molecule has 1 N–H and O–H groups in total. The van der Waals surface area contributed by atoms with Gasteiger partial charge in [0.25, 0.3) is 0 Å². The lowest BCUT2D eigenvalue weighted by Gasteiger charge is -2.19. The average molecular weight is 297 g/mol. The lowest BCUT2D eigenvalue weighted by Crippen LogP contribution is -2.11. The van der Waals surface area contributed by atoms with Crippen LogP contribution in [-0.2, 0) is 6.18 Å². The van der Waals surface area contributed by atoms with Crippen LogP contribution < -0.4 is 5.32 Å². The van der Waals surface area contributed by atoms with Gasteiger partial charge in [-0.15, -0.1) is 0 Å². The molecule has 2 rings (SSSR count). The summed E-state index contributed by atoms with van der Waals surface area (Å²) in [5.74, 6) is -1.27. The van der Waals surface area contributed by atoms with Gasteiger partial charge >= 0.3 is 6.18 Å². The minimum absolute atomic E-state index is 0.183. The number of anilines is 1. The van der Waals surface area contributed by atoms with E-state index in [4.69, 9.17) is 0 Å². The molecule has 0 spiro atoms. The predicted molar refractivity (Wildman–Crippen MR) is 74.6 cm³/mol. The second kappa shape index (κ2) is 5.76. The normalized spacial score (nSPS) is 13.0. The Labute approximate surface area is 120 Å². The fourth-order valence-corrected chi connectivity index (χ4v) is 2.23. The average Bonchev–Trinajstić information content (AvgIpc) is 2.40. The molecule has 2 aromatic rings. The zero-order valence-electron chi connectivity index (χ0n) is 11.6. The van der Waals surface area contributed by atoms with Gasteiger partial charge in [0.2, 0.25) is 0 Å². The molecule has 0 aliphatic heterocycles. The van der Waals surface area contributed by atoms with Gasteiger partial charge in [0.05, 0.1) is 5.56 Å². The lowest BCUT2D eigenvalue weighted by molar-refractivity contribution is -0.139. The molecule has 21 heavy (non-hydrogen) atoms. The first-order chi connectivity index (χ1) is 9.79.